The summed E-state index contributed by atoms with van der Waals surface area (Å²) >= 11 is 5.85. The van der Waals surface area contributed by atoms with E-state index in [1.165, 1.54) is 36.4 Å². The molecule has 0 fully saturated rings. The number of nitrogens with zero attached hydrogens (tertiary/aromatic N) is 3. The summed E-state index contributed by atoms with van der Waals surface area (Å²) in [6.07, 6.45) is 2.91. The van der Waals surface area contributed by atoms with Crippen LogP contribution in [0.4, 0.5) is 11.4 Å². The van der Waals surface area contributed by atoms with Crippen molar-refractivity contribution in [2.24, 2.45) is 0 Å². The Morgan fingerprint density at radius 2 is 2.03 bits per heavy atom. The number of rotatable bonds is 5. The Hall–Kier alpha value is -4.48. The molecule has 156 valence electrons. The smallest absolute Gasteiger partial charge is 0.281 e. The number of nitro benzene ring substituents is 1. The first-order valence-electron chi connectivity index (χ1n) is 9.27. The molecule has 4 aromatic rings. The zero-order valence-corrected chi connectivity index (χ0v) is 17.0. The molecule has 0 aliphatic rings. The maximum absolute atomic E-state index is 12.7. The second-order valence-corrected chi connectivity index (χ2v) is 7.06. The van der Waals surface area contributed by atoms with Gasteiger partial charge in [-0.15, -0.1) is 0 Å². The van der Waals surface area contributed by atoms with E-state index >= 15 is 0 Å². The molecular formula is C23H13ClN4O4. The molecule has 0 saturated heterocycles. The minimum Gasteiger partial charge on any atom is -0.456 e. The van der Waals surface area contributed by atoms with Crippen LogP contribution in [0.3, 0.4) is 0 Å². The molecule has 4 rings (SSSR count). The van der Waals surface area contributed by atoms with Crippen molar-refractivity contribution < 1.29 is 14.1 Å². The number of nitriles is 1. The van der Waals surface area contributed by atoms with Gasteiger partial charge in [-0.3, -0.25) is 19.9 Å². The lowest BCUT2D eigenvalue weighted by Gasteiger charge is -2.07. The van der Waals surface area contributed by atoms with Gasteiger partial charge in [0.1, 0.15) is 23.2 Å². The van der Waals surface area contributed by atoms with Crippen molar-refractivity contribution in [2.45, 2.75) is 0 Å². The van der Waals surface area contributed by atoms with Gasteiger partial charge in [0.15, 0.2) is 0 Å². The number of furan rings is 1. The number of carbonyl (C=O) groups is 1. The van der Waals surface area contributed by atoms with Crippen LogP contribution in [0.2, 0.25) is 5.02 Å². The molecule has 0 spiro atoms. The maximum Gasteiger partial charge on any atom is 0.281 e. The number of pyridine rings is 1. The highest BCUT2D eigenvalue weighted by molar-refractivity contribution is 6.31. The van der Waals surface area contributed by atoms with Gasteiger partial charge in [0, 0.05) is 28.7 Å². The molecule has 0 aliphatic heterocycles. The minimum absolute atomic E-state index is 0.190. The van der Waals surface area contributed by atoms with Crippen LogP contribution >= 0.6 is 11.6 Å². The van der Waals surface area contributed by atoms with E-state index in [9.17, 15) is 20.2 Å². The molecule has 9 heteroatoms. The molecule has 2 heterocycles. The molecule has 0 saturated carbocycles. The Labute approximate surface area is 186 Å². The average Bonchev–Trinajstić information content (AvgIpc) is 3.26. The van der Waals surface area contributed by atoms with Gasteiger partial charge in [-0.1, -0.05) is 17.7 Å². The third-order valence-corrected chi connectivity index (χ3v) is 4.83. The summed E-state index contributed by atoms with van der Waals surface area (Å²) in [6.45, 7) is 0. The van der Waals surface area contributed by atoms with E-state index in [1.807, 2.05) is 18.2 Å². The molecule has 0 bridgehead atoms. The van der Waals surface area contributed by atoms with E-state index in [0.717, 1.165) is 5.39 Å². The lowest BCUT2D eigenvalue weighted by molar-refractivity contribution is -0.384. The molecule has 32 heavy (non-hydrogen) atoms. The average molecular weight is 445 g/mol. The highest BCUT2D eigenvalue weighted by Crippen LogP contribution is 2.33. The number of halogens is 1. The lowest BCUT2D eigenvalue weighted by atomic mass is 10.1. The number of anilines is 1. The van der Waals surface area contributed by atoms with E-state index in [4.69, 9.17) is 16.0 Å². The van der Waals surface area contributed by atoms with Gasteiger partial charge in [0.25, 0.3) is 11.6 Å². The molecule has 2 aromatic carbocycles. The van der Waals surface area contributed by atoms with Crippen LogP contribution in [0, 0.1) is 21.4 Å². The van der Waals surface area contributed by atoms with Crippen molar-refractivity contribution >= 4 is 45.9 Å². The predicted molar refractivity (Wildman–Crippen MR) is 120 cm³/mol. The number of aromatic nitrogens is 1. The molecule has 0 aliphatic carbocycles. The molecule has 2 aromatic heterocycles. The van der Waals surface area contributed by atoms with E-state index in [2.05, 4.69) is 10.3 Å². The fraction of sp³-hybridized carbons (Fsp3) is 0. The third kappa shape index (κ3) is 4.19. The van der Waals surface area contributed by atoms with Crippen molar-refractivity contribution in [1.82, 2.24) is 4.98 Å². The number of hydrogen-bond donors (Lipinski definition) is 1. The summed E-state index contributed by atoms with van der Waals surface area (Å²) in [5, 5.41) is 24.5. The van der Waals surface area contributed by atoms with E-state index < -0.39 is 10.8 Å². The summed E-state index contributed by atoms with van der Waals surface area (Å²) in [5.74, 6) is -0.229. The monoisotopic (exact) mass is 444 g/mol. The number of carbonyl (C=O) groups excluding carboxylic acids is 1. The largest absolute Gasteiger partial charge is 0.456 e. The van der Waals surface area contributed by atoms with Crippen LogP contribution in [-0.4, -0.2) is 15.8 Å². The molecule has 0 unspecified atom stereocenters. The Balaban J connectivity index is 1.62. The van der Waals surface area contributed by atoms with Crippen molar-refractivity contribution in [3.05, 3.63) is 93.3 Å². The first-order valence-corrected chi connectivity index (χ1v) is 9.65. The van der Waals surface area contributed by atoms with Crippen LogP contribution in [-0.2, 0) is 4.79 Å². The number of nitro groups is 1. The van der Waals surface area contributed by atoms with Gasteiger partial charge in [-0.25, -0.2) is 0 Å². The fourth-order valence-corrected chi connectivity index (χ4v) is 3.30. The highest BCUT2D eigenvalue weighted by atomic mass is 35.5. The summed E-state index contributed by atoms with van der Waals surface area (Å²) < 4.78 is 5.64. The Kier molecular flexibility index (Phi) is 5.66. The second kappa shape index (κ2) is 8.71. The lowest BCUT2D eigenvalue weighted by Crippen LogP contribution is -2.13. The van der Waals surface area contributed by atoms with Crippen LogP contribution in [0.1, 0.15) is 5.76 Å². The quantitative estimate of drug-likeness (QED) is 0.185. The molecule has 0 radical (unpaired) electrons. The number of fused-ring (bicyclic) bond motifs is 1. The third-order valence-electron chi connectivity index (χ3n) is 4.59. The SMILES string of the molecule is N#C/C(=C/c1ccc(-c2ccc(Cl)cc2[N+](=O)[O-])o1)C(=O)Nc1cccc2ncccc12. The molecule has 0 atom stereocenters. The minimum atomic E-state index is -0.626. The standard InChI is InChI=1S/C23H13ClN4O4/c24-15-6-8-18(21(12-15)28(30)31)22-9-7-16(32-22)11-14(13-25)23(29)27-20-5-1-4-19-17(20)3-2-10-26-19/h1-12H,(H,27,29)/b14-11-. The van der Waals surface area contributed by atoms with Crippen molar-refractivity contribution in [1.29, 1.82) is 5.26 Å². The van der Waals surface area contributed by atoms with E-state index in [-0.39, 0.29) is 33.4 Å². The molecular weight excluding hydrogens is 432 g/mol. The number of amides is 1. The summed E-state index contributed by atoms with van der Waals surface area (Å²) in [7, 11) is 0. The number of benzene rings is 2. The fourth-order valence-electron chi connectivity index (χ4n) is 3.13. The Bertz CT molecular complexity index is 1430. The topological polar surface area (TPSA) is 122 Å². The van der Waals surface area contributed by atoms with Gasteiger partial charge >= 0.3 is 0 Å². The van der Waals surface area contributed by atoms with Crippen molar-refractivity contribution in [3.63, 3.8) is 0 Å². The summed E-state index contributed by atoms with van der Waals surface area (Å²) in [6, 6.07) is 17.9. The van der Waals surface area contributed by atoms with Gasteiger partial charge in [-0.2, -0.15) is 5.26 Å². The molecule has 1 N–H and O–H groups in total. The number of nitrogens with one attached hydrogen (secondary N) is 1. The maximum atomic E-state index is 12.7. The highest BCUT2D eigenvalue weighted by Gasteiger charge is 2.19. The first kappa shape index (κ1) is 20.8. The predicted octanol–water partition coefficient (Wildman–Crippen LogP) is 5.60. The van der Waals surface area contributed by atoms with E-state index in [1.54, 1.807) is 24.4 Å². The van der Waals surface area contributed by atoms with Gasteiger partial charge < -0.3 is 9.73 Å². The number of hydrogen-bond acceptors (Lipinski definition) is 6. The normalized spacial score (nSPS) is 11.2. The van der Waals surface area contributed by atoms with Crippen molar-refractivity contribution in [2.75, 3.05) is 5.32 Å². The van der Waals surface area contributed by atoms with Gasteiger partial charge in [0.2, 0.25) is 0 Å². The van der Waals surface area contributed by atoms with Gasteiger partial charge in [0.05, 0.1) is 21.7 Å². The van der Waals surface area contributed by atoms with Crippen molar-refractivity contribution in [3.8, 4) is 17.4 Å². The first-order chi connectivity index (χ1) is 15.5. The Morgan fingerprint density at radius 1 is 1.19 bits per heavy atom. The molecule has 8 nitrogen and oxygen atoms in total. The second-order valence-electron chi connectivity index (χ2n) is 6.62. The van der Waals surface area contributed by atoms with Crippen LogP contribution < -0.4 is 5.32 Å². The molecule has 1 amide bonds. The zero-order chi connectivity index (χ0) is 22.7. The summed E-state index contributed by atoms with van der Waals surface area (Å²) in [5.41, 5.74) is 1.03. The summed E-state index contributed by atoms with van der Waals surface area (Å²) in [4.78, 5) is 27.7. The van der Waals surface area contributed by atoms with Crippen LogP contribution in [0.25, 0.3) is 28.3 Å². The van der Waals surface area contributed by atoms with E-state index in [0.29, 0.717) is 11.2 Å². The van der Waals surface area contributed by atoms with Crippen LogP contribution in [0.5, 0.6) is 0 Å². The zero-order valence-electron chi connectivity index (χ0n) is 16.3. The van der Waals surface area contributed by atoms with Crippen LogP contribution in [0.15, 0.2) is 76.9 Å². The van der Waals surface area contributed by atoms with Gasteiger partial charge in [-0.05, 0) is 48.5 Å². The Morgan fingerprint density at radius 3 is 2.81 bits per heavy atom.